The van der Waals surface area contributed by atoms with E-state index in [1.54, 1.807) is 0 Å². The molecule has 2 aromatic heterocycles. The van der Waals surface area contributed by atoms with Gasteiger partial charge in [0.15, 0.2) is 34.9 Å². The van der Waals surface area contributed by atoms with Crippen LogP contribution in [-0.4, -0.2) is 29.9 Å². The van der Waals surface area contributed by atoms with E-state index in [-0.39, 0.29) is 27.1 Å². The van der Waals surface area contributed by atoms with Crippen LogP contribution < -0.4 is 0 Å². The molecule has 0 amide bonds. The van der Waals surface area contributed by atoms with Crippen LogP contribution >= 0.6 is 0 Å². The van der Waals surface area contributed by atoms with Crippen LogP contribution in [0.15, 0.2) is 364 Å². The van der Waals surface area contributed by atoms with Crippen LogP contribution in [-0.2, 0) is 27.1 Å². The molecule has 610 valence electrons. The lowest BCUT2D eigenvalue weighted by Crippen LogP contribution is -2.55. The van der Waals surface area contributed by atoms with E-state index >= 15 is 0 Å². The molecule has 8 fully saturated rings. The number of nitriles is 2. The zero-order chi connectivity index (χ0) is 85.0. The molecule has 8 saturated carbocycles. The second kappa shape index (κ2) is 31.1. The molecule has 8 nitrogen and oxygen atoms in total. The number of fused-ring (bicyclic) bond motifs is 4. The zero-order valence-corrected chi connectivity index (χ0v) is 71.5. The largest absolute Gasteiger partial charge is 0.208 e. The van der Waals surface area contributed by atoms with E-state index in [1.165, 1.54) is 183 Å². The molecule has 4 unspecified atom stereocenters. The van der Waals surface area contributed by atoms with Gasteiger partial charge in [-0.15, -0.1) is 0 Å². The third-order valence-electron chi connectivity index (χ3n) is 30.1. The van der Waals surface area contributed by atoms with Crippen molar-refractivity contribution in [1.82, 2.24) is 29.9 Å². The van der Waals surface area contributed by atoms with Crippen molar-refractivity contribution in [3.8, 4) is 147 Å². The van der Waals surface area contributed by atoms with Gasteiger partial charge >= 0.3 is 0 Å². The summed E-state index contributed by atoms with van der Waals surface area (Å²) in [6, 6.07) is 135. The highest BCUT2D eigenvalue weighted by Gasteiger charge is 2.60. The van der Waals surface area contributed by atoms with Gasteiger partial charge in [0.1, 0.15) is 0 Å². The lowest BCUT2D eigenvalue weighted by atomic mass is 9.41. The van der Waals surface area contributed by atoms with Crippen molar-refractivity contribution in [2.24, 2.45) is 23.7 Å². The maximum atomic E-state index is 9.27. The molecule has 0 radical (unpaired) electrons. The Balaban J connectivity index is 0.000000146. The third-order valence-corrected chi connectivity index (χ3v) is 30.1. The summed E-state index contributed by atoms with van der Waals surface area (Å²) < 4.78 is 0. The zero-order valence-electron chi connectivity index (χ0n) is 71.5. The van der Waals surface area contributed by atoms with Gasteiger partial charge in [-0.25, -0.2) is 29.9 Å². The summed E-state index contributed by atoms with van der Waals surface area (Å²) in [6.07, 6.45) is 15.7. The minimum absolute atomic E-state index is 0.206. The number of benzene rings is 15. The number of rotatable bonds is 15. The van der Waals surface area contributed by atoms with Crippen molar-refractivity contribution in [2.75, 3.05) is 0 Å². The summed E-state index contributed by atoms with van der Waals surface area (Å²) in [6.45, 7) is 4.71. The third kappa shape index (κ3) is 14.2. The SMILES string of the molecule is CC1(C)c2cc(-c3ccc(C45CC6CC(CC(c7ccc(-c8ccc(C#N)cc8)cc7)(C6)C4)C5)cc3)ccc2-c2ccc(-c3nc(-c4ccccc4)nc(-c4ccccc4)n3)cc21.N#Cc1ccc(-c2ccc(C34CC5CC(C3)CC(c3ccc(-c6cccc(-c7ccc8cc(-c9nc(-c%10ccccc%10)nc(-c%10ccccc%10)n9)ccc8c7)c6)cc3)(C5)C4)cc2)cc1. The first-order valence-corrected chi connectivity index (χ1v) is 45.4. The highest BCUT2D eigenvalue weighted by atomic mass is 15.0. The fraction of sp³-hybridized carbons (Fsp3) is 0.193. The Morgan fingerprint density at radius 3 is 0.803 bits per heavy atom. The number of nitrogens with zero attached hydrogens (tertiary/aromatic N) is 8. The molecule has 0 aliphatic heterocycles. The first-order valence-electron chi connectivity index (χ1n) is 45.4. The molecular weight excluding hydrogens is 1540 g/mol. The number of hydrogen-bond acceptors (Lipinski definition) is 8. The normalized spacial score (nSPS) is 21.6. The van der Waals surface area contributed by atoms with Crippen LogP contribution in [0.2, 0.25) is 0 Å². The van der Waals surface area contributed by atoms with Gasteiger partial charge < -0.3 is 0 Å². The molecular formula is C119H94N8. The fourth-order valence-corrected chi connectivity index (χ4v) is 24.8. The summed E-state index contributed by atoms with van der Waals surface area (Å²) in [4.78, 5) is 29.8. The van der Waals surface area contributed by atoms with Gasteiger partial charge in [-0.1, -0.05) is 323 Å². The van der Waals surface area contributed by atoms with Crippen molar-refractivity contribution in [3.05, 3.63) is 408 Å². The maximum absolute atomic E-state index is 9.27. The molecule has 0 saturated heterocycles. The second-order valence-corrected chi connectivity index (χ2v) is 38.3. The summed E-state index contributed by atoms with van der Waals surface area (Å²) in [5.41, 5.74) is 31.5. The molecule has 4 atom stereocenters. The van der Waals surface area contributed by atoms with Crippen LogP contribution in [0.25, 0.3) is 146 Å². The van der Waals surface area contributed by atoms with Crippen molar-refractivity contribution in [3.63, 3.8) is 0 Å². The van der Waals surface area contributed by atoms with Crippen LogP contribution in [0.3, 0.4) is 0 Å². The molecule has 15 aromatic carbocycles. The number of hydrogen-bond donors (Lipinski definition) is 0. The van der Waals surface area contributed by atoms with E-state index < -0.39 is 0 Å². The average Bonchev–Trinajstić information content (AvgIpc) is 1.51. The smallest absolute Gasteiger partial charge is 0.164 e. The molecule has 0 spiro atoms. The highest BCUT2D eigenvalue weighted by Crippen LogP contribution is 2.68. The Hall–Kier alpha value is -14.4. The standard InChI is InChI=1S/C60H46N4.C59H48N4/c61-38-40-14-16-43(17-15-40)44-22-26-54(27-23-44)59-34-41-30-42(35-59)37-60(36-41,39-59)55-28-24-45(25-29-55)48-12-7-13-49(31-48)50-18-19-52-33-53(21-20-51(52)32-50)58-63-56(46-8-3-1-4-9-46)62-57(64-58)47-10-5-2-6-11-47;1-57(2)52-30-46(21-27-50(52)51-28-22-47(31-53(51)57)56-62-54(44-9-5-3-6-10-44)61-55(63-56)45-11-7-4-8-12-45)43-19-25-49(26-20-43)59-34-39-29-40(35-59)33-58(32-39,37-59)48-23-17-42(18-24-48)41-15-13-38(36-60)14-16-41/h1-29,31-33,41-42H,30,34-37,39H2;3-28,30-31,39-40H,29,32-35,37H2,1-2H3. The van der Waals surface area contributed by atoms with Gasteiger partial charge in [0.25, 0.3) is 0 Å². The Labute approximate surface area is 743 Å². The van der Waals surface area contributed by atoms with Gasteiger partial charge in [-0.2, -0.15) is 10.5 Å². The van der Waals surface area contributed by atoms with Gasteiger partial charge in [-0.3, -0.25) is 0 Å². The van der Waals surface area contributed by atoms with E-state index in [0.717, 1.165) is 62.4 Å². The molecule has 9 aliphatic rings. The van der Waals surface area contributed by atoms with Gasteiger partial charge in [0.05, 0.1) is 23.3 Å². The first kappa shape index (κ1) is 77.4. The summed E-state index contributed by atoms with van der Waals surface area (Å²) in [7, 11) is 0. The van der Waals surface area contributed by atoms with E-state index in [0.29, 0.717) is 46.1 Å². The Morgan fingerprint density at radius 1 is 0.228 bits per heavy atom. The van der Waals surface area contributed by atoms with E-state index in [9.17, 15) is 10.5 Å². The van der Waals surface area contributed by atoms with Gasteiger partial charge in [0, 0.05) is 38.8 Å². The van der Waals surface area contributed by atoms with Gasteiger partial charge in [-0.05, 0) is 288 Å². The molecule has 127 heavy (non-hydrogen) atoms. The number of aromatic nitrogens is 6. The second-order valence-electron chi connectivity index (χ2n) is 38.3. The minimum atomic E-state index is -0.206. The molecule has 17 aromatic rings. The minimum Gasteiger partial charge on any atom is -0.208 e. The average molecular weight is 1640 g/mol. The van der Waals surface area contributed by atoms with Crippen molar-refractivity contribution >= 4 is 10.8 Å². The highest BCUT2D eigenvalue weighted by molar-refractivity contribution is 5.92. The molecule has 26 rings (SSSR count). The predicted molar refractivity (Wildman–Crippen MR) is 513 cm³/mol. The van der Waals surface area contributed by atoms with Crippen LogP contribution in [0.4, 0.5) is 0 Å². The van der Waals surface area contributed by atoms with Crippen molar-refractivity contribution in [2.45, 2.75) is 118 Å². The fourth-order valence-electron chi connectivity index (χ4n) is 24.8. The lowest BCUT2D eigenvalue weighted by Gasteiger charge is -2.63. The van der Waals surface area contributed by atoms with Crippen LogP contribution in [0.5, 0.6) is 0 Å². The van der Waals surface area contributed by atoms with Crippen molar-refractivity contribution < 1.29 is 0 Å². The Bertz CT molecular complexity index is 7030. The molecule has 0 N–H and O–H groups in total. The summed E-state index contributed by atoms with van der Waals surface area (Å²) in [5.74, 6) is 7.15. The maximum Gasteiger partial charge on any atom is 0.164 e. The van der Waals surface area contributed by atoms with E-state index in [2.05, 4.69) is 269 Å². The lowest BCUT2D eigenvalue weighted by molar-refractivity contribution is -0.0282. The molecule has 2 heterocycles. The molecule has 8 heteroatoms. The van der Waals surface area contributed by atoms with E-state index in [4.69, 9.17) is 29.9 Å². The Morgan fingerprint density at radius 2 is 0.465 bits per heavy atom. The van der Waals surface area contributed by atoms with Crippen LogP contribution in [0, 0.1) is 46.3 Å². The first-order chi connectivity index (χ1) is 62.2. The monoisotopic (exact) mass is 1630 g/mol. The Kier molecular flexibility index (Phi) is 18.9. The predicted octanol–water partition coefficient (Wildman–Crippen LogP) is 28.9. The summed E-state index contributed by atoms with van der Waals surface area (Å²) in [5, 5.41) is 20.8. The van der Waals surface area contributed by atoms with Crippen molar-refractivity contribution in [1.29, 1.82) is 10.5 Å². The molecule has 9 aliphatic carbocycles. The topological polar surface area (TPSA) is 125 Å². The van der Waals surface area contributed by atoms with E-state index in [1.807, 2.05) is 121 Å². The van der Waals surface area contributed by atoms with Crippen LogP contribution in [0.1, 0.15) is 135 Å². The quantitative estimate of drug-likeness (QED) is 0.0994. The molecule has 8 bridgehead atoms. The van der Waals surface area contributed by atoms with Gasteiger partial charge in [0.2, 0.25) is 0 Å². The summed E-state index contributed by atoms with van der Waals surface area (Å²) >= 11 is 0.